The number of ketones is 3. The number of carbonyl (C=O) groups excluding carboxylic acids is 4. The Hall–Kier alpha value is -3.80. The molecule has 172 valence electrons. The number of aromatic hydroxyl groups is 2. The highest BCUT2D eigenvalue weighted by Crippen LogP contribution is 2.49. The second-order valence-electron chi connectivity index (χ2n) is 7.79. The third kappa shape index (κ3) is 2.43. The summed E-state index contributed by atoms with van der Waals surface area (Å²) in [6, 6.07) is 2.05. The number of rotatable bonds is 2. The molecule has 11 nitrogen and oxygen atoms in total. The van der Waals surface area contributed by atoms with E-state index in [0.717, 1.165) is 26.4 Å². The lowest BCUT2D eigenvalue weighted by atomic mass is 9.60. The molecule has 0 radical (unpaired) electrons. The molecule has 33 heavy (non-hydrogen) atoms. The molecule has 2 aromatic carbocycles. The fraction of sp³-hybridized carbons (Fsp3) is 0.273. The van der Waals surface area contributed by atoms with Gasteiger partial charge in [-0.25, -0.2) is 4.79 Å². The second kappa shape index (κ2) is 6.85. The molecule has 0 bridgehead atoms. The Morgan fingerprint density at radius 3 is 2.27 bits per heavy atom. The van der Waals surface area contributed by atoms with Crippen molar-refractivity contribution in [2.45, 2.75) is 24.2 Å². The Kier molecular flexibility index (Phi) is 4.65. The van der Waals surface area contributed by atoms with Crippen molar-refractivity contribution in [3.05, 3.63) is 46.2 Å². The minimum Gasteiger partial charge on any atom is -0.507 e. The van der Waals surface area contributed by atoms with Crippen LogP contribution in [0.4, 0.5) is 0 Å². The molecule has 0 saturated carbocycles. The molecule has 2 aliphatic rings. The van der Waals surface area contributed by atoms with Crippen LogP contribution >= 0.6 is 0 Å². The molecule has 11 heteroatoms. The van der Waals surface area contributed by atoms with Crippen LogP contribution in [0, 0.1) is 6.92 Å². The monoisotopic (exact) mass is 458 g/mol. The topological polar surface area (TPSA) is 188 Å². The van der Waals surface area contributed by atoms with Crippen LogP contribution < -0.4 is 0 Å². The number of benzene rings is 2. The van der Waals surface area contributed by atoms with E-state index < -0.39 is 69.0 Å². The van der Waals surface area contributed by atoms with Gasteiger partial charge in [0.25, 0.3) is 0 Å². The highest BCUT2D eigenvalue weighted by Gasteiger charge is 2.73. The predicted molar refractivity (Wildman–Crippen MR) is 108 cm³/mol. The highest BCUT2D eigenvalue weighted by molar-refractivity contribution is 6.35. The third-order valence-corrected chi connectivity index (χ3v) is 6.25. The summed E-state index contributed by atoms with van der Waals surface area (Å²) in [5, 5.41) is 53.8. The summed E-state index contributed by atoms with van der Waals surface area (Å²) in [6.07, 6.45) is -1.71. The van der Waals surface area contributed by atoms with E-state index in [1.807, 2.05) is 0 Å². The van der Waals surface area contributed by atoms with Gasteiger partial charge in [-0.1, -0.05) is 0 Å². The van der Waals surface area contributed by atoms with Crippen molar-refractivity contribution >= 4 is 34.1 Å². The van der Waals surface area contributed by atoms with Crippen molar-refractivity contribution in [3.8, 4) is 11.5 Å². The summed E-state index contributed by atoms with van der Waals surface area (Å²) in [6.45, 7) is 1.34. The number of phenols is 2. The minimum atomic E-state index is -3.46. The molecule has 0 aliphatic heterocycles. The van der Waals surface area contributed by atoms with E-state index in [4.69, 9.17) is 4.74 Å². The summed E-state index contributed by atoms with van der Waals surface area (Å²) >= 11 is 0. The van der Waals surface area contributed by atoms with Crippen LogP contribution in [0.3, 0.4) is 0 Å². The van der Waals surface area contributed by atoms with Gasteiger partial charge in [0.05, 0.1) is 19.8 Å². The smallest absolute Gasteiger partial charge is 0.341 e. The molecule has 3 atom stereocenters. The van der Waals surface area contributed by atoms with Crippen LogP contribution in [-0.2, 0) is 14.3 Å². The predicted octanol–water partition coefficient (Wildman–Crippen LogP) is -0.339. The van der Waals surface area contributed by atoms with Crippen molar-refractivity contribution in [2.75, 3.05) is 14.2 Å². The van der Waals surface area contributed by atoms with Crippen LogP contribution in [0.2, 0.25) is 0 Å². The number of aryl methyl sites for hydroxylation is 1. The molecular weight excluding hydrogens is 440 g/mol. The Morgan fingerprint density at radius 2 is 1.70 bits per heavy atom. The largest absolute Gasteiger partial charge is 0.507 e. The molecule has 2 aliphatic carbocycles. The molecule has 3 unspecified atom stereocenters. The Labute approximate surface area is 185 Å². The van der Waals surface area contributed by atoms with Gasteiger partial charge in [0.15, 0.2) is 6.10 Å². The van der Waals surface area contributed by atoms with Gasteiger partial charge >= 0.3 is 5.97 Å². The summed E-state index contributed by atoms with van der Waals surface area (Å²) < 4.78 is 9.42. The van der Waals surface area contributed by atoms with E-state index >= 15 is 0 Å². The molecule has 5 N–H and O–H groups in total. The number of Topliss-reactive ketones (excluding diaryl/α,β-unsaturated/α-hetero) is 2. The number of hydrogen-bond donors (Lipinski definition) is 5. The van der Waals surface area contributed by atoms with E-state index in [0.29, 0.717) is 6.08 Å². The lowest BCUT2D eigenvalue weighted by Gasteiger charge is -2.47. The molecule has 4 rings (SSSR count). The number of esters is 1. The maximum atomic E-state index is 13.3. The number of carbonyl (C=O) groups is 4. The normalized spacial score (nSPS) is 26.5. The fourth-order valence-corrected chi connectivity index (χ4v) is 4.54. The van der Waals surface area contributed by atoms with Crippen LogP contribution in [0.25, 0.3) is 10.8 Å². The number of hydrogen-bond acceptors (Lipinski definition) is 11. The quantitative estimate of drug-likeness (QED) is 0.293. The van der Waals surface area contributed by atoms with Crippen LogP contribution in [-0.4, -0.2) is 80.4 Å². The van der Waals surface area contributed by atoms with E-state index in [2.05, 4.69) is 4.74 Å². The molecular formula is C22H18O11. The van der Waals surface area contributed by atoms with Gasteiger partial charge in [0.2, 0.25) is 28.6 Å². The second-order valence-corrected chi connectivity index (χ2v) is 7.79. The first-order chi connectivity index (χ1) is 15.4. The number of phenolic OH excluding ortho intramolecular Hbond substituents is 2. The van der Waals surface area contributed by atoms with E-state index in [-0.39, 0.29) is 21.9 Å². The van der Waals surface area contributed by atoms with Crippen molar-refractivity contribution in [1.82, 2.24) is 0 Å². The lowest BCUT2D eigenvalue weighted by Crippen LogP contribution is -2.76. The molecule has 0 amide bonds. The first-order valence-electron chi connectivity index (χ1n) is 9.50. The summed E-state index contributed by atoms with van der Waals surface area (Å²) in [7, 11) is 2.11. The van der Waals surface area contributed by atoms with Gasteiger partial charge in [-0.3, -0.25) is 14.4 Å². The molecule has 0 fully saturated rings. The third-order valence-electron chi connectivity index (χ3n) is 6.25. The number of ether oxygens (including phenoxy) is 2. The first-order valence-corrected chi connectivity index (χ1v) is 9.50. The minimum absolute atomic E-state index is 0.0109. The van der Waals surface area contributed by atoms with Gasteiger partial charge in [0.1, 0.15) is 22.8 Å². The van der Waals surface area contributed by atoms with E-state index in [1.54, 1.807) is 0 Å². The maximum Gasteiger partial charge on any atom is 0.341 e. The van der Waals surface area contributed by atoms with Crippen molar-refractivity contribution in [2.24, 2.45) is 0 Å². The van der Waals surface area contributed by atoms with Crippen LogP contribution in [0.15, 0.2) is 24.0 Å². The van der Waals surface area contributed by atoms with Gasteiger partial charge in [-0.2, -0.15) is 0 Å². The van der Waals surface area contributed by atoms with Gasteiger partial charge < -0.3 is 35.0 Å². The number of aliphatic hydroxyl groups excluding tert-OH is 1. The zero-order valence-corrected chi connectivity index (χ0v) is 17.5. The van der Waals surface area contributed by atoms with Gasteiger partial charge in [-0.15, -0.1) is 0 Å². The van der Waals surface area contributed by atoms with Crippen LogP contribution in [0.5, 0.6) is 11.5 Å². The zero-order valence-electron chi connectivity index (χ0n) is 17.5. The molecule has 0 aromatic heterocycles. The van der Waals surface area contributed by atoms with E-state index in [9.17, 15) is 44.7 Å². The van der Waals surface area contributed by atoms with E-state index in [1.165, 1.54) is 6.92 Å². The molecule has 0 spiro atoms. The summed E-state index contributed by atoms with van der Waals surface area (Å²) in [5.74, 6) is -7.33. The van der Waals surface area contributed by atoms with Gasteiger partial charge in [-0.05, 0) is 30.0 Å². The fourth-order valence-electron chi connectivity index (χ4n) is 4.54. The standard InChI is InChI=1S/C22H18O11/c1-7-13-8(5-10(23)14(7)20(29)33-3)4-9-15(16(13)25)19(28)21(30)12(24)6-11(32-2)18(27)22(21,31)17(9)26/h4-6,18,23,25,27,30-31H,1-3H3. The summed E-state index contributed by atoms with van der Waals surface area (Å²) in [5.41, 5.74) is -8.55. The Balaban J connectivity index is 2.12. The van der Waals surface area contributed by atoms with Crippen molar-refractivity contribution < 1.29 is 54.2 Å². The zero-order chi connectivity index (χ0) is 24.6. The Morgan fingerprint density at radius 1 is 1.06 bits per heavy atom. The number of fused-ring (bicyclic) bond motifs is 3. The van der Waals surface area contributed by atoms with Crippen molar-refractivity contribution in [3.63, 3.8) is 0 Å². The molecule has 2 aromatic rings. The number of aliphatic hydroxyl groups is 3. The highest BCUT2D eigenvalue weighted by atomic mass is 16.5. The Bertz CT molecular complexity index is 1340. The van der Waals surface area contributed by atoms with Gasteiger partial charge in [0, 0.05) is 17.0 Å². The summed E-state index contributed by atoms with van der Waals surface area (Å²) in [4.78, 5) is 51.4. The molecule has 0 saturated heterocycles. The van der Waals surface area contributed by atoms with Crippen molar-refractivity contribution in [1.29, 1.82) is 0 Å². The molecule has 0 heterocycles. The maximum absolute atomic E-state index is 13.3. The van der Waals surface area contributed by atoms with Crippen LogP contribution in [0.1, 0.15) is 36.6 Å². The lowest BCUT2D eigenvalue weighted by molar-refractivity contribution is -0.172. The average Bonchev–Trinajstić information content (AvgIpc) is 2.77. The average molecular weight is 458 g/mol. The SMILES string of the molecule is COC(=O)c1c(O)cc2cc3c(c(O)c2c1C)C(=O)C1(O)C(=O)C=C(OC)C(O)C1(O)C3=O. The number of methoxy groups -OCH3 is 2. The first kappa shape index (κ1) is 22.4.